The van der Waals surface area contributed by atoms with E-state index < -0.39 is 10.2 Å². The summed E-state index contributed by atoms with van der Waals surface area (Å²) in [7, 11) is -1.42. The monoisotopic (exact) mass is 369 g/mol. The highest BCUT2D eigenvalue weighted by atomic mass is 35.5. The van der Waals surface area contributed by atoms with Crippen molar-refractivity contribution in [3.63, 3.8) is 0 Å². The van der Waals surface area contributed by atoms with Crippen LogP contribution in [0.3, 0.4) is 0 Å². The van der Waals surface area contributed by atoms with Gasteiger partial charge in [-0.2, -0.15) is 17.0 Å². The minimum Gasteiger partial charge on any atom is -0.316 e. The SMILES string of the molecule is CNC1CCCN(S(=O)(=O)N(CCC(C)C)CCC(C)C)C1.Cl. The number of nitrogens with zero attached hydrogens (tertiary/aromatic N) is 2. The molecule has 0 radical (unpaired) electrons. The molecule has 1 fully saturated rings. The first-order valence-corrected chi connectivity index (χ1v) is 10.1. The van der Waals surface area contributed by atoms with Gasteiger partial charge in [-0.25, -0.2) is 0 Å². The normalized spacial score (nSPS) is 20.3. The van der Waals surface area contributed by atoms with Crippen LogP contribution in [0.15, 0.2) is 0 Å². The second-order valence-electron chi connectivity index (χ2n) is 7.26. The Morgan fingerprint density at radius 3 is 2.09 bits per heavy atom. The van der Waals surface area contributed by atoms with Crippen molar-refractivity contribution in [1.82, 2.24) is 13.9 Å². The molecule has 0 aliphatic carbocycles. The lowest BCUT2D eigenvalue weighted by Crippen LogP contribution is -2.52. The number of piperidine rings is 1. The van der Waals surface area contributed by atoms with Gasteiger partial charge in [0.05, 0.1) is 0 Å². The average molecular weight is 370 g/mol. The zero-order chi connectivity index (χ0) is 16.8. The molecule has 0 spiro atoms. The Bertz CT molecular complexity index is 404. The lowest BCUT2D eigenvalue weighted by atomic mass is 10.1. The van der Waals surface area contributed by atoms with Crippen LogP contribution in [0.5, 0.6) is 0 Å². The molecule has 7 heteroatoms. The van der Waals surface area contributed by atoms with Crippen molar-refractivity contribution in [3.8, 4) is 0 Å². The summed E-state index contributed by atoms with van der Waals surface area (Å²) in [6, 6.07) is 0.278. The van der Waals surface area contributed by atoms with E-state index in [-0.39, 0.29) is 18.4 Å². The first-order chi connectivity index (χ1) is 10.3. The van der Waals surface area contributed by atoms with Gasteiger partial charge in [0.25, 0.3) is 10.2 Å². The quantitative estimate of drug-likeness (QED) is 0.679. The molecule has 1 aliphatic heterocycles. The van der Waals surface area contributed by atoms with Gasteiger partial charge in [-0.3, -0.25) is 0 Å². The molecule has 0 saturated carbocycles. The second kappa shape index (κ2) is 10.9. The zero-order valence-electron chi connectivity index (χ0n) is 15.4. The van der Waals surface area contributed by atoms with Gasteiger partial charge < -0.3 is 5.32 Å². The fourth-order valence-corrected chi connectivity index (χ4v) is 4.42. The molecule has 1 saturated heterocycles. The van der Waals surface area contributed by atoms with E-state index in [1.54, 1.807) is 8.61 Å². The van der Waals surface area contributed by atoms with E-state index in [0.717, 1.165) is 25.7 Å². The standard InChI is InChI=1S/C16H35N3O2S.ClH/c1-14(2)8-11-18(12-9-15(3)4)22(20,21)19-10-6-7-16(13-19)17-5;/h14-17H,6-13H2,1-5H3;1H. The van der Waals surface area contributed by atoms with Gasteiger partial charge in [0, 0.05) is 32.2 Å². The van der Waals surface area contributed by atoms with Crippen molar-refractivity contribution in [1.29, 1.82) is 0 Å². The summed E-state index contributed by atoms with van der Waals surface area (Å²) < 4.78 is 29.4. The minimum atomic E-state index is -3.33. The third kappa shape index (κ3) is 7.69. The molecular weight excluding hydrogens is 334 g/mol. The van der Waals surface area contributed by atoms with E-state index >= 15 is 0 Å². The van der Waals surface area contributed by atoms with E-state index in [0.29, 0.717) is 38.0 Å². The Balaban J connectivity index is 0.00000484. The maximum absolute atomic E-state index is 13.0. The number of rotatable bonds is 9. The number of likely N-dealkylation sites (N-methyl/N-ethyl adjacent to an activating group) is 1. The highest BCUT2D eigenvalue weighted by Gasteiger charge is 2.33. The molecule has 1 atom stereocenters. The van der Waals surface area contributed by atoms with E-state index in [1.807, 2.05) is 7.05 Å². The van der Waals surface area contributed by atoms with Gasteiger partial charge >= 0.3 is 0 Å². The second-order valence-corrected chi connectivity index (χ2v) is 9.19. The first-order valence-electron chi connectivity index (χ1n) is 8.69. The minimum absolute atomic E-state index is 0. The Morgan fingerprint density at radius 1 is 1.13 bits per heavy atom. The van der Waals surface area contributed by atoms with Crippen LogP contribution in [0.25, 0.3) is 0 Å². The van der Waals surface area contributed by atoms with Crippen LogP contribution in [-0.4, -0.2) is 56.3 Å². The van der Waals surface area contributed by atoms with Crippen molar-refractivity contribution in [3.05, 3.63) is 0 Å². The molecule has 1 heterocycles. The highest BCUT2D eigenvalue weighted by molar-refractivity contribution is 7.86. The third-order valence-electron chi connectivity index (χ3n) is 4.36. The van der Waals surface area contributed by atoms with Crippen LogP contribution in [0, 0.1) is 11.8 Å². The maximum atomic E-state index is 13.0. The van der Waals surface area contributed by atoms with Gasteiger partial charge in [-0.1, -0.05) is 27.7 Å². The molecule has 1 unspecified atom stereocenters. The molecule has 1 N–H and O–H groups in total. The average Bonchev–Trinajstić information content (AvgIpc) is 2.46. The molecular formula is C16H36ClN3O2S. The van der Waals surface area contributed by atoms with Crippen LogP contribution in [0.4, 0.5) is 0 Å². The summed E-state index contributed by atoms with van der Waals surface area (Å²) >= 11 is 0. The van der Waals surface area contributed by atoms with Crippen molar-refractivity contribution in [2.24, 2.45) is 11.8 Å². The molecule has 1 aliphatic rings. The number of hydrogen-bond donors (Lipinski definition) is 1. The summed E-state index contributed by atoms with van der Waals surface area (Å²) in [6.07, 6.45) is 3.83. The van der Waals surface area contributed by atoms with Crippen LogP contribution < -0.4 is 5.32 Å². The molecule has 0 aromatic heterocycles. The molecule has 140 valence electrons. The third-order valence-corrected chi connectivity index (χ3v) is 6.36. The van der Waals surface area contributed by atoms with Gasteiger partial charge in [-0.15, -0.1) is 12.4 Å². The van der Waals surface area contributed by atoms with Crippen LogP contribution in [0.2, 0.25) is 0 Å². The molecule has 5 nitrogen and oxygen atoms in total. The Labute approximate surface area is 149 Å². The summed E-state index contributed by atoms with van der Waals surface area (Å²) in [6.45, 7) is 11.1. The first kappa shape index (κ1) is 23.1. The van der Waals surface area contributed by atoms with Crippen molar-refractivity contribution in [2.75, 3.05) is 33.2 Å². The topological polar surface area (TPSA) is 52.7 Å². The molecule has 1 rings (SSSR count). The lowest BCUT2D eigenvalue weighted by Gasteiger charge is -2.36. The van der Waals surface area contributed by atoms with Crippen molar-refractivity contribution in [2.45, 2.75) is 59.4 Å². The van der Waals surface area contributed by atoms with Gasteiger partial charge in [0.2, 0.25) is 0 Å². The zero-order valence-corrected chi connectivity index (χ0v) is 17.0. The molecule has 23 heavy (non-hydrogen) atoms. The fourth-order valence-electron chi connectivity index (χ4n) is 2.70. The fraction of sp³-hybridized carbons (Fsp3) is 1.00. The summed E-state index contributed by atoms with van der Waals surface area (Å²) in [5, 5.41) is 3.22. The van der Waals surface area contributed by atoms with E-state index in [1.165, 1.54) is 0 Å². The Kier molecular flexibility index (Phi) is 10.9. The molecule has 0 amide bonds. The summed E-state index contributed by atoms with van der Waals surface area (Å²) in [5.74, 6) is 1.03. The van der Waals surface area contributed by atoms with Crippen molar-refractivity contribution >= 4 is 22.6 Å². The van der Waals surface area contributed by atoms with Crippen LogP contribution in [0.1, 0.15) is 53.4 Å². The van der Waals surface area contributed by atoms with Gasteiger partial charge in [0.15, 0.2) is 0 Å². The smallest absolute Gasteiger partial charge is 0.282 e. The molecule has 0 bridgehead atoms. The largest absolute Gasteiger partial charge is 0.316 e. The van der Waals surface area contributed by atoms with E-state index in [2.05, 4.69) is 33.0 Å². The van der Waals surface area contributed by atoms with E-state index in [9.17, 15) is 8.42 Å². The number of hydrogen-bond acceptors (Lipinski definition) is 3. The van der Waals surface area contributed by atoms with Gasteiger partial charge in [-0.05, 0) is 44.6 Å². The number of nitrogens with one attached hydrogen (secondary N) is 1. The Hall–Kier alpha value is 0.120. The van der Waals surface area contributed by atoms with E-state index in [4.69, 9.17) is 0 Å². The number of halogens is 1. The maximum Gasteiger partial charge on any atom is 0.282 e. The lowest BCUT2D eigenvalue weighted by molar-refractivity contribution is 0.260. The highest BCUT2D eigenvalue weighted by Crippen LogP contribution is 2.19. The molecule has 0 aromatic rings. The summed E-state index contributed by atoms with van der Waals surface area (Å²) in [4.78, 5) is 0. The predicted molar refractivity (Wildman–Crippen MR) is 100 cm³/mol. The predicted octanol–water partition coefficient (Wildman–Crippen LogP) is 2.73. The summed E-state index contributed by atoms with van der Waals surface area (Å²) in [5.41, 5.74) is 0. The Morgan fingerprint density at radius 2 is 1.65 bits per heavy atom. The van der Waals surface area contributed by atoms with Crippen LogP contribution >= 0.6 is 12.4 Å². The molecule has 0 aromatic carbocycles. The van der Waals surface area contributed by atoms with Crippen molar-refractivity contribution < 1.29 is 8.42 Å². The van der Waals surface area contributed by atoms with Crippen LogP contribution in [-0.2, 0) is 10.2 Å². The van der Waals surface area contributed by atoms with Gasteiger partial charge in [0.1, 0.15) is 0 Å².